The Bertz CT molecular complexity index is 1090. The molecule has 1 aromatic carbocycles. The summed E-state index contributed by atoms with van der Waals surface area (Å²) < 4.78 is 29.0. The monoisotopic (exact) mass is 384 g/mol. The van der Waals surface area contributed by atoms with E-state index >= 15 is 0 Å². The number of pyridine rings is 1. The smallest absolute Gasteiger partial charge is 0.263 e. The number of aromatic nitrogens is 3. The van der Waals surface area contributed by atoms with E-state index in [9.17, 15) is 13.2 Å². The molecule has 0 N–H and O–H groups in total. The number of carbonyl (C=O) groups is 1. The van der Waals surface area contributed by atoms with Crippen LogP contribution < -0.4 is 0 Å². The molecule has 7 nitrogen and oxygen atoms in total. The SMILES string of the molecule is CC1CCN(S(=O)(=O)c2ccc3nccc(C(=O)n4ccnc4)c3c2)CC1. The number of hydrogen-bond donors (Lipinski definition) is 0. The minimum absolute atomic E-state index is 0.192. The van der Waals surface area contributed by atoms with Crippen molar-refractivity contribution in [1.82, 2.24) is 18.8 Å². The molecule has 1 aliphatic rings. The standard InChI is InChI=1S/C19H20N4O3S/c1-14-5-9-23(10-6-14)27(25,26)15-2-3-18-17(12-15)16(4-7-21-18)19(24)22-11-8-20-13-22/h2-4,7-8,11-14H,5-6,9-10H2,1H3. The van der Waals surface area contributed by atoms with E-state index in [1.165, 1.54) is 21.4 Å². The van der Waals surface area contributed by atoms with E-state index in [1.807, 2.05) is 0 Å². The highest BCUT2D eigenvalue weighted by atomic mass is 32.2. The van der Waals surface area contributed by atoms with Crippen LogP contribution in [0.15, 0.2) is 54.1 Å². The number of rotatable bonds is 3. The Morgan fingerprint density at radius 1 is 1.15 bits per heavy atom. The van der Waals surface area contributed by atoms with Gasteiger partial charge in [0.1, 0.15) is 6.33 Å². The van der Waals surface area contributed by atoms with Gasteiger partial charge in [-0.1, -0.05) is 6.92 Å². The Balaban J connectivity index is 1.77. The Hall–Kier alpha value is -2.58. The van der Waals surface area contributed by atoms with Crippen LogP contribution in [0.3, 0.4) is 0 Å². The van der Waals surface area contributed by atoms with Gasteiger partial charge in [-0.2, -0.15) is 4.31 Å². The zero-order valence-electron chi connectivity index (χ0n) is 14.9. The summed E-state index contributed by atoms with van der Waals surface area (Å²) in [6.07, 6.45) is 7.77. The van der Waals surface area contributed by atoms with Gasteiger partial charge in [0.25, 0.3) is 5.91 Å². The lowest BCUT2D eigenvalue weighted by Gasteiger charge is -2.29. The number of fused-ring (bicyclic) bond motifs is 1. The fourth-order valence-corrected chi connectivity index (χ4v) is 4.86. The first-order chi connectivity index (χ1) is 13.0. The second-order valence-corrected chi connectivity index (χ2v) is 8.84. The molecule has 0 aliphatic carbocycles. The summed E-state index contributed by atoms with van der Waals surface area (Å²) in [4.78, 5) is 21.1. The van der Waals surface area contributed by atoms with Gasteiger partial charge >= 0.3 is 0 Å². The minimum atomic E-state index is -3.60. The van der Waals surface area contributed by atoms with Gasteiger partial charge in [0.2, 0.25) is 10.0 Å². The molecule has 27 heavy (non-hydrogen) atoms. The summed E-state index contributed by atoms with van der Waals surface area (Å²) in [7, 11) is -3.60. The van der Waals surface area contributed by atoms with Gasteiger partial charge in [-0.3, -0.25) is 14.3 Å². The maximum Gasteiger partial charge on any atom is 0.263 e. The summed E-state index contributed by atoms with van der Waals surface area (Å²) in [5.74, 6) is 0.262. The van der Waals surface area contributed by atoms with Crippen molar-refractivity contribution in [2.24, 2.45) is 5.92 Å². The van der Waals surface area contributed by atoms with Gasteiger partial charge in [-0.15, -0.1) is 0 Å². The summed E-state index contributed by atoms with van der Waals surface area (Å²) in [5, 5.41) is 0.516. The van der Waals surface area contributed by atoms with E-state index in [1.54, 1.807) is 36.7 Å². The molecule has 0 radical (unpaired) electrons. The minimum Gasteiger partial charge on any atom is -0.272 e. The molecule has 0 saturated carbocycles. The molecule has 3 aromatic rings. The van der Waals surface area contributed by atoms with Gasteiger partial charge in [0.05, 0.1) is 16.0 Å². The fraction of sp³-hybridized carbons (Fsp3) is 0.316. The van der Waals surface area contributed by atoms with Crippen LogP contribution in [0.5, 0.6) is 0 Å². The first-order valence-electron chi connectivity index (χ1n) is 8.88. The van der Waals surface area contributed by atoms with Crippen molar-refractivity contribution in [3.05, 3.63) is 54.7 Å². The van der Waals surface area contributed by atoms with Gasteiger partial charge in [-0.05, 0) is 43.0 Å². The summed E-state index contributed by atoms with van der Waals surface area (Å²) >= 11 is 0. The van der Waals surface area contributed by atoms with E-state index in [0.29, 0.717) is 35.5 Å². The predicted molar refractivity (Wildman–Crippen MR) is 101 cm³/mol. The molecule has 1 aliphatic heterocycles. The second kappa shape index (κ2) is 6.86. The molecule has 140 valence electrons. The zero-order chi connectivity index (χ0) is 19.0. The molecule has 3 heterocycles. The highest BCUT2D eigenvalue weighted by Gasteiger charge is 2.28. The van der Waals surface area contributed by atoms with Crippen LogP contribution in [0.25, 0.3) is 10.9 Å². The number of piperidine rings is 1. The Labute approximate surface area is 157 Å². The van der Waals surface area contributed by atoms with E-state index in [0.717, 1.165) is 12.8 Å². The number of carbonyl (C=O) groups excluding carboxylic acids is 1. The van der Waals surface area contributed by atoms with Gasteiger partial charge in [0.15, 0.2) is 0 Å². The molecule has 0 bridgehead atoms. The van der Waals surface area contributed by atoms with E-state index in [-0.39, 0.29) is 10.8 Å². The number of sulfonamides is 1. The lowest BCUT2D eigenvalue weighted by molar-refractivity contribution is 0.0961. The molecule has 1 saturated heterocycles. The van der Waals surface area contributed by atoms with Crippen molar-refractivity contribution in [3.8, 4) is 0 Å². The summed E-state index contributed by atoms with van der Waals surface area (Å²) in [6, 6.07) is 6.37. The van der Waals surface area contributed by atoms with Crippen LogP contribution >= 0.6 is 0 Å². The Morgan fingerprint density at radius 2 is 1.93 bits per heavy atom. The molecular weight excluding hydrogens is 364 g/mol. The van der Waals surface area contributed by atoms with Crippen molar-refractivity contribution in [3.63, 3.8) is 0 Å². The maximum absolute atomic E-state index is 13.1. The van der Waals surface area contributed by atoms with Crippen LogP contribution in [0.2, 0.25) is 0 Å². The number of hydrogen-bond acceptors (Lipinski definition) is 5. The fourth-order valence-electron chi connectivity index (χ4n) is 3.36. The highest BCUT2D eigenvalue weighted by Crippen LogP contribution is 2.27. The molecule has 4 rings (SSSR count). The number of imidazole rings is 1. The first kappa shape index (κ1) is 17.8. The number of benzene rings is 1. The van der Waals surface area contributed by atoms with Crippen molar-refractivity contribution >= 4 is 26.8 Å². The van der Waals surface area contributed by atoms with Crippen LogP contribution in [0.4, 0.5) is 0 Å². The maximum atomic E-state index is 13.1. The largest absolute Gasteiger partial charge is 0.272 e. The highest BCUT2D eigenvalue weighted by molar-refractivity contribution is 7.89. The van der Waals surface area contributed by atoms with Crippen LogP contribution in [-0.4, -0.2) is 46.3 Å². The Kier molecular flexibility index (Phi) is 4.53. The predicted octanol–water partition coefficient (Wildman–Crippen LogP) is 2.54. The van der Waals surface area contributed by atoms with Crippen molar-refractivity contribution < 1.29 is 13.2 Å². The van der Waals surface area contributed by atoms with Gasteiger partial charge in [-0.25, -0.2) is 13.4 Å². The average molecular weight is 384 g/mol. The zero-order valence-corrected chi connectivity index (χ0v) is 15.8. The topological polar surface area (TPSA) is 85.2 Å². The summed E-state index contributed by atoms with van der Waals surface area (Å²) in [6.45, 7) is 3.18. The van der Waals surface area contributed by atoms with Gasteiger partial charge < -0.3 is 0 Å². The molecule has 8 heteroatoms. The quantitative estimate of drug-likeness (QED) is 0.693. The van der Waals surface area contributed by atoms with E-state index in [4.69, 9.17) is 0 Å². The van der Waals surface area contributed by atoms with Crippen molar-refractivity contribution in [1.29, 1.82) is 0 Å². The molecular formula is C19H20N4O3S. The average Bonchev–Trinajstić information content (AvgIpc) is 3.21. The number of nitrogens with zero attached hydrogens (tertiary/aromatic N) is 4. The van der Waals surface area contributed by atoms with E-state index < -0.39 is 10.0 Å². The van der Waals surface area contributed by atoms with Crippen molar-refractivity contribution in [2.75, 3.05) is 13.1 Å². The van der Waals surface area contributed by atoms with Crippen LogP contribution in [0.1, 0.15) is 30.1 Å². The van der Waals surface area contributed by atoms with Crippen molar-refractivity contribution in [2.45, 2.75) is 24.7 Å². The molecule has 0 amide bonds. The van der Waals surface area contributed by atoms with Crippen LogP contribution in [-0.2, 0) is 10.0 Å². The molecule has 2 aromatic heterocycles. The van der Waals surface area contributed by atoms with Crippen LogP contribution in [0, 0.1) is 5.92 Å². The summed E-state index contributed by atoms with van der Waals surface area (Å²) in [5.41, 5.74) is 0.967. The molecule has 0 unspecified atom stereocenters. The third-order valence-corrected chi connectivity index (χ3v) is 6.96. The molecule has 0 spiro atoms. The third-order valence-electron chi connectivity index (χ3n) is 5.06. The molecule has 0 atom stereocenters. The second-order valence-electron chi connectivity index (χ2n) is 6.90. The lowest BCUT2D eigenvalue weighted by atomic mass is 10.0. The Morgan fingerprint density at radius 3 is 2.63 bits per heavy atom. The lowest BCUT2D eigenvalue weighted by Crippen LogP contribution is -2.37. The first-order valence-corrected chi connectivity index (χ1v) is 10.3. The third kappa shape index (κ3) is 3.26. The molecule has 1 fully saturated rings. The van der Waals surface area contributed by atoms with Gasteiger partial charge in [0, 0.05) is 37.1 Å². The normalized spacial score (nSPS) is 16.6. The van der Waals surface area contributed by atoms with E-state index in [2.05, 4.69) is 16.9 Å².